The predicted octanol–water partition coefficient (Wildman–Crippen LogP) is 10.5. The average molecular weight is 588 g/mol. The van der Waals surface area contributed by atoms with Gasteiger partial charge < -0.3 is 0 Å². The second kappa shape index (κ2) is 20.0. The summed E-state index contributed by atoms with van der Waals surface area (Å²) in [6.45, 7) is 4.56. The van der Waals surface area contributed by atoms with Gasteiger partial charge in [0.1, 0.15) is 0 Å². The highest BCUT2D eigenvalue weighted by molar-refractivity contribution is 7.35. The summed E-state index contributed by atoms with van der Waals surface area (Å²) in [6.07, 6.45) is 21.0. The van der Waals surface area contributed by atoms with E-state index in [0.717, 1.165) is 24.9 Å². The first-order chi connectivity index (χ1) is 18.5. The van der Waals surface area contributed by atoms with E-state index in [9.17, 15) is 0 Å². The van der Waals surface area contributed by atoms with Crippen molar-refractivity contribution in [1.82, 2.24) is 0 Å². The normalized spacial score (nSPS) is 14.3. The SMILES string of the molecule is CCCCCCCCCC[Si](Cl)(C#C[Si](Cl)(CCCCCCCCCC)c1ccccc1)c1ccccc1. The summed E-state index contributed by atoms with van der Waals surface area (Å²) in [6, 6.07) is 23.4. The maximum absolute atomic E-state index is 7.51. The lowest BCUT2D eigenvalue weighted by atomic mass is 10.1. The molecular formula is C34H52Cl2Si2. The Hall–Kier alpha value is -0.986. The van der Waals surface area contributed by atoms with Crippen LogP contribution < -0.4 is 10.4 Å². The van der Waals surface area contributed by atoms with Gasteiger partial charge in [-0.15, -0.1) is 33.2 Å². The Labute approximate surface area is 246 Å². The molecule has 0 saturated carbocycles. The lowest BCUT2D eigenvalue weighted by molar-refractivity contribution is 0.584. The predicted molar refractivity (Wildman–Crippen MR) is 178 cm³/mol. The number of benzene rings is 2. The molecule has 38 heavy (non-hydrogen) atoms. The summed E-state index contributed by atoms with van der Waals surface area (Å²) in [5, 5.41) is 2.48. The Morgan fingerprint density at radius 2 is 0.737 bits per heavy atom. The molecule has 0 aliphatic rings. The van der Waals surface area contributed by atoms with Crippen molar-refractivity contribution in [3.63, 3.8) is 0 Å². The number of rotatable bonds is 20. The average Bonchev–Trinajstić information content (AvgIpc) is 2.96. The zero-order valence-electron chi connectivity index (χ0n) is 24.3. The Bertz CT molecular complexity index is 835. The standard InChI is InChI=1S/C34H52Cl2Si2/c1-3-5-7-9-11-13-15-23-29-37(35,33-25-19-17-20-26-33)31-32-38(36,34-27-21-18-22-28-34)30-24-16-14-12-10-8-6-4-2/h17-22,25-28H,3-16,23-24,29-30H2,1-2H3. The van der Waals surface area contributed by atoms with Gasteiger partial charge in [0, 0.05) is 0 Å². The van der Waals surface area contributed by atoms with Gasteiger partial charge in [-0.25, -0.2) is 0 Å². The maximum atomic E-state index is 7.51. The van der Waals surface area contributed by atoms with E-state index in [4.69, 9.17) is 22.2 Å². The summed E-state index contributed by atoms with van der Waals surface area (Å²) in [5.41, 5.74) is 7.46. The van der Waals surface area contributed by atoms with E-state index < -0.39 is 14.8 Å². The molecular weight excluding hydrogens is 535 g/mol. The minimum atomic E-state index is -2.46. The van der Waals surface area contributed by atoms with Gasteiger partial charge in [0.15, 0.2) is 0 Å². The van der Waals surface area contributed by atoms with Crippen molar-refractivity contribution in [2.75, 3.05) is 0 Å². The second-order valence-corrected chi connectivity index (χ2v) is 20.8. The molecule has 2 aromatic carbocycles. The fourth-order valence-electron chi connectivity index (χ4n) is 5.17. The Morgan fingerprint density at radius 1 is 0.447 bits per heavy atom. The third-order valence-corrected chi connectivity index (χ3v) is 16.6. The van der Waals surface area contributed by atoms with Gasteiger partial charge >= 0.3 is 0 Å². The van der Waals surface area contributed by atoms with E-state index in [1.807, 2.05) is 0 Å². The van der Waals surface area contributed by atoms with Crippen molar-refractivity contribution in [1.29, 1.82) is 0 Å². The van der Waals surface area contributed by atoms with Crippen LogP contribution in [0.15, 0.2) is 60.7 Å². The highest BCUT2D eigenvalue weighted by atomic mass is 35.6. The van der Waals surface area contributed by atoms with Crippen LogP contribution in [0.2, 0.25) is 12.1 Å². The van der Waals surface area contributed by atoms with Crippen molar-refractivity contribution in [3.05, 3.63) is 60.7 Å². The minimum absolute atomic E-state index is 1.01. The van der Waals surface area contributed by atoms with Crippen LogP contribution in [0.1, 0.15) is 117 Å². The lowest BCUT2D eigenvalue weighted by Crippen LogP contribution is -2.45. The van der Waals surface area contributed by atoms with E-state index in [1.165, 1.54) is 100 Å². The first-order valence-corrected chi connectivity index (χ1v) is 22.0. The molecule has 0 bridgehead atoms. The fraction of sp³-hybridized carbons (Fsp3) is 0.588. The molecule has 0 fully saturated rings. The van der Waals surface area contributed by atoms with Gasteiger partial charge in [0.05, 0.1) is 0 Å². The van der Waals surface area contributed by atoms with Crippen LogP contribution in [0.4, 0.5) is 0 Å². The quantitative estimate of drug-likeness (QED) is 0.0626. The molecule has 0 spiro atoms. The molecule has 0 N–H and O–H groups in total. The van der Waals surface area contributed by atoms with Gasteiger partial charge in [0.25, 0.3) is 14.8 Å². The molecule has 2 aromatic rings. The number of hydrogen-bond acceptors (Lipinski definition) is 0. The van der Waals surface area contributed by atoms with E-state index in [2.05, 4.69) is 85.6 Å². The largest absolute Gasteiger partial charge is 0.262 e. The maximum Gasteiger partial charge on any atom is 0.262 e. The Morgan fingerprint density at radius 3 is 1.05 bits per heavy atom. The smallest absolute Gasteiger partial charge is 0.144 e. The van der Waals surface area contributed by atoms with Crippen LogP contribution in [-0.2, 0) is 0 Å². The van der Waals surface area contributed by atoms with Gasteiger partial charge in [0.2, 0.25) is 0 Å². The van der Waals surface area contributed by atoms with E-state index in [1.54, 1.807) is 0 Å². The van der Waals surface area contributed by atoms with Crippen LogP contribution in [-0.4, -0.2) is 14.8 Å². The van der Waals surface area contributed by atoms with Crippen molar-refractivity contribution >= 4 is 47.3 Å². The van der Waals surface area contributed by atoms with Crippen LogP contribution in [0.3, 0.4) is 0 Å². The van der Waals surface area contributed by atoms with Crippen LogP contribution in [0, 0.1) is 11.1 Å². The molecule has 0 saturated heterocycles. The summed E-state index contributed by atoms with van der Waals surface area (Å²) >= 11 is 15.0. The van der Waals surface area contributed by atoms with Gasteiger partial charge in [-0.3, -0.25) is 0 Å². The molecule has 210 valence electrons. The van der Waals surface area contributed by atoms with Gasteiger partial charge in [-0.2, -0.15) is 0 Å². The molecule has 0 aliphatic heterocycles. The number of unbranched alkanes of at least 4 members (excludes halogenated alkanes) is 14. The Kier molecular flexibility index (Phi) is 17.5. The van der Waals surface area contributed by atoms with Crippen LogP contribution >= 0.6 is 22.2 Å². The van der Waals surface area contributed by atoms with Gasteiger partial charge in [-0.1, -0.05) is 177 Å². The van der Waals surface area contributed by atoms with Crippen molar-refractivity contribution in [2.24, 2.45) is 0 Å². The van der Waals surface area contributed by atoms with E-state index >= 15 is 0 Å². The first-order valence-electron chi connectivity index (χ1n) is 15.6. The molecule has 2 rings (SSSR count). The van der Waals surface area contributed by atoms with Crippen LogP contribution in [0.5, 0.6) is 0 Å². The molecule has 4 heteroatoms. The number of halogens is 2. The molecule has 0 heterocycles. The summed E-state index contributed by atoms with van der Waals surface area (Å²) < 4.78 is 0. The number of hydrogen-bond donors (Lipinski definition) is 0. The first kappa shape index (κ1) is 33.2. The molecule has 0 aliphatic carbocycles. The lowest BCUT2D eigenvalue weighted by Gasteiger charge is -2.22. The highest BCUT2D eigenvalue weighted by Crippen LogP contribution is 2.24. The summed E-state index contributed by atoms with van der Waals surface area (Å²) in [4.78, 5) is 0. The van der Waals surface area contributed by atoms with Crippen molar-refractivity contribution < 1.29 is 0 Å². The zero-order valence-corrected chi connectivity index (χ0v) is 27.8. The fourth-order valence-corrected chi connectivity index (χ4v) is 13.2. The summed E-state index contributed by atoms with van der Waals surface area (Å²) in [5.74, 6) is 0. The van der Waals surface area contributed by atoms with Crippen LogP contribution in [0.25, 0.3) is 0 Å². The van der Waals surface area contributed by atoms with Crippen molar-refractivity contribution in [3.8, 4) is 11.1 Å². The van der Waals surface area contributed by atoms with Crippen molar-refractivity contribution in [2.45, 2.75) is 129 Å². The second-order valence-electron chi connectivity index (χ2n) is 11.0. The molecule has 2 atom stereocenters. The van der Waals surface area contributed by atoms with E-state index in [-0.39, 0.29) is 0 Å². The molecule has 0 amide bonds. The highest BCUT2D eigenvalue weighted by Gasteiger charge is 2.35. The molecule has 0 radical (unpaired) electrons. The third-order valence-electron chi connectivity index (χ3n) is 7.67. The summed E-state index contributed by atoms with van der Waals surface area (Å²) in [7, 11) is -4.92. The minimum Gasteiger partial charge on any atom is -0.144 e. The zero-order chi connectivity index (χ0) is 27.4. The van der Waals surface area contributed by atoms with Gasteiger partial charge in [-0.05, 0) is 22.5 Å². The van der Waals surface area contributed by atoms with E-state index in [0.29, 0.717) is 0 Å². The Balaban J connectivity index is 2.08. The monoisotopic (exact) mass is 586 g/mol. The molecule has 2 unspecified atom stereocenters. The topological polar surface area (TPSA) is 0 Å². The molecule has 0 aromatic heterocycles. The third kappa shape index (κ3) is 12.9. The molecule has 0 nitrogen and oxygen atoms in total.